The summed E-state index contributed by atoms with van der Waals surface area (Å²) in [6, 6.07) is 5.42. The number of hydrogen-bond donors (Lipinski definition) is 1. The van der Waals surface area contributed by atoms with Crippen LogP contribution in [0.1, 0.15) is 42.8 Å². The summed E-state index contributed by atoms with van der Waals surface area (Å²) in [5.41, 5.74) is 0.976. The smallest absolute Gasteiger partial charge is 0.324 e. The van der Waals surface area contributed by atoms with Crippen LogP contribution >= 0.6 is 0 Å². The summed E-state index contributed by atoms with van der Waals surface area (Å²) in [5, 5.41) is 2.17. The van der Waals surface area contributed by atoms with Gasteiger partial charge in [0.1, 0.15) is 12.4 Å². The Hall–Kier alpha value is -3.08. The van der Waals surface area contributed by atoms with Crippen molar-refractivity contribution in [2.75, 3.05) is 18.9 Å². The third-order valence-corrected chi connectivity index (χ3v) is 7.27. The van der Waals surface area contributed by atoms with Gasteiger partial charge in [-0.1, -0.05) is 13.0 Å². The van der Waals surface area contributed by atoms with E-state index >= 15 is 0 Å². The lowest BCUT2D eigenvalue weighted by Crippen LogP contribution is -2.28. The number of aromatic nitrogens is 2. The number of nitrogens with one attached hydrogen (secondary N) is 1. The molecular formula is C22H25FN4O5S. The molecule has 0 unspecified atom stereocenters. The second-order valence-electron chi connectivity index (χ2n) is 8.57. The molecule has 1 atom stereocenters. The van der Waals surface area contributed by atoms with Crippen LogP contribution in [0.2, 0.25) is 0 Å². The van der Waals surface area contributed by atoms with Crippen molar-refractivity contribution in [3.63, 3.8) is 0 Å². The number of sulfone groups is 1. The Morgan fingerprint density at radius 3 is 2.76 bits per heavy atom. The standard InChI is InChI=1S/C22H25FN4O5S/c1-14(16-4-5-18(23)19(8-16)32-11-15-2-3-15)12-33(30,31)13-17-6-7-24-20(25-17)9-27-10-21(28)26-22(27)29/h4-8,14-15H,2-3,9-13H2,1H3,(H,26,28,29)/t14-/m0/s1. The average Bonchev–Trinajstić information content (AvgIpc) is 3.51. The van der Waals surface area contributed by atoms with Crippen molar-refractivity contribution >= 4 is 21.8 Å². The van der Waals surface area contributed by atoms with E-state index < -0.39 is 27.6 Å². The van der Waals surface area contributed by atoms with E-state index in [4.69, 9.17) is 4.74 Å². The summed E-state index contributed by atoms with van der Waals surface area (Å²) in [7, 11) is -3.56. The van der Waals surface area contributed by atoms with Gasteiger partial charge >= 0.3 is 6.03 Å². The molecule has 1 aromatic carbocycles. The van der Waals surface area contributed by atoms with Crippen LogP contribution < -0.4 is 10.1 Å². The first-order chi connectivity index (χ1) is 15.7. The van der Waals surface area contributed by atoms with E-state index in [1.54, 1.807) is 19.1 Å². The molecule has 9 nitrogen and oxygen atoms in total. The zero-order valence-corrected chi connectivity index (χ0v) is 19.0. The number of halogens is 1. The first-order valence-corrected chi connectivity index (χ1v) is 12.5. The van der Waals surface area contributed by atoms with Gasteiger partial charge in [-0.05, 0) is 48.4 Å². The highest BCUT2D eigenvalue weighted by molar-refractivity contribution is 7.90. The van der Waals surface area contributed by atoms with Crippen LogP contribution in [0.3, 0.4) is 0 Å². The fourth-order valence-electron chi connectivity index (χ4n) is 3.57. The van der Waals surface area contributed by atoms with Crippen molar-refractivity contribution in [3.8, 4) is 5.75 Å². The van der Waals surface area contributed by atoms with Gasteiger partial charge in [0.05, 0.1) is 30.4 Å². The summed E-state index contributed by atoms with van der Waals surface area (Å²) >= 11 is 0. The minimum atomic E-state index is -3.56. The van der Waals surface area contributed by atoms with E-state index in [-0.39, 0.29) is 42.1 Å². The third-order valence-electron chi connectivity index (χ3n) is 5.53. The zero-order valence-electron chi connectivity index (χ0n) is 18.2. The second-order valence-corrected chi connectivity index (χ2v) is 10.7. The molecule has 176 valence electrons. The molecule has 3 amide bonds. The fraction of sp³-hybridized carbons (Fsp3) is 0.455. The summed E-state index contributed by atoms with van der Waals surface area (Å²) in [4.78, 5) is 32.6. The molecule has 2 aromatic rings. The van der Waals surface area contributed by atoms with Gasteiger partial charge in [0.2, 0.25) is 5.91 Å². The van der Waals surface area contributed by atoms with Crippen molar-refractivity contribution in [1.29, 1.82) is 0 Å². The van der Waals surface area contributed by atoms with E-state index in [1.807, 2.05) is 0 Å². The molecule has 2 aliphatic rings. The number of carbonyl (C=O) groups excluding carboxylic acids is 2. The Morgan fingerprint density at radius 1 is 1.27 bits per heavy atom. The molecule has 1 aromatic heterocycles. The van der Waals surface area contributed by atoms with Gasteiger partial charge in [-0.25, -0.2) is 27.6 Å². The molecule has 2 heterocycles. The van der Waals surface area contributed by atoms with Gasteiger partial charge in [-0.15, -0.1) is 0 Å². The van der Waals surface area contributed by atoms with Gasteiger partial charge in [-0.2, -0.15) is 0 Å². The summed E-state index contributed by atoms with van der Waals surface area (Å²) < 4.78 is 45.3. The number of benzene rings is 1. The molecule has 0 radical (unpaired) electrons. The number of carbonyl (C=O) groups is 2. The van der Waals surface area contributed by atoms with E-state index in [0.717, 1.165) is 12.8 Å². The molecule has 1 saturated heterocycles. The number of rotatable bonds is 10. The van der Waals surface area contributed by atoms with E-state index in [0.29, 0.717) is 23.8 Å². The van der Waals surface area contributed by atoms with Gasteiger partial charge in [0.25, 0.3) is 0 Å². The lowest BCUT2D eigenvalue weighted by atomic mass is 10.0. The Morgan fingerprint density at radius 2 is 2.06 bits per heavy atom. The lowest BCUT2D eigenvalue weighted by Gasteiger charge is -2.15. The summed E-state index contributed by atoms with van der Waals surface area (Å²) in [5.74, 6) is -0.827. The highest BCUT2D eigenvalue weighted by atomic mass is 32.2. The molecule has 1 N–H and O–H groups in total. The van der Waals surface area contributed by atoms with Crippen LogP contribution in [0.15, 0.2) is 30.5 Å². The molecule has 2 fully saturated rings. The predicted molar refractivity (Wildman–Crippen MR) is 117 cm³/mol. The maximum Gasteiger partial charge on any atom is 0.324 e. The minimum Gasteiger partial charge on any atom is -0.490 e. The topological polar surface area (TPSA) is 119 Å². The number of amides is 3. The van der Waals surface area contributed by atoms with Gasteiger partial charge in [-0.3, -0.25) is 10.1 Å². The van der Waals surface area contributed by atoms with E-state index in [9.17, 15) is 22.4 Å². The molecule has 0 spiro atoms. The van der Waals surface area contributed by atoms with Crippen molar-refractivity contribution < 1.29 is 27.1 Å². The van der Waals surface area contributed by atoms with Crippen LogP contribution in [0, 0.1) is 11.7 Å². The fourth-order valence-corrected chi connectivity index (χ4v) is 5.25. The van der Waals surface area contributed by atoms with Crippen LogP contribution in [-0.2, 0) is 26.9 Å². The molecule has 4 rings (SSSR count). The number of urea groups is 1. The quantitative estimate of drug-likeness (QED) is 0.522. The SMILES string of the molecule is C[C@@H](CS(=O)(=O)Cc1ccnc(CN2CC(=O)NC2=O)n1)c1ccc(F)c(OCC2CC2)c1. The van der Waals surface area contributed by atoms with Crippen LogP contribution in [0.5, 0.6) is 5.75 Å². The second kappa shape index (κ2) is 9.42. The molecule has 0 bridgehead atoms. The average molecular weight is 477 g/mol. The van der Waals surface area contributed by atoms with Crippen LogP contribution in [-0.4, -0.2) is 54.1 Å². The molecule has 11 heteroatoms. The van der Waals surface area contributed by atoms with Gasteiger partial charge < -0.3 is 9.64 Å². The maximum absolute atomic E-state index is 14.1. The number of hydrogen-bond acceptors (Lipinski definition) is 7. The Labute approximate surface area is 191 Å². The third kappa shape index (κ3) is 6.25. The number of imide groups is 1. The normalized spacial score (nSPS) is 17.2. The zero-order chi connectivity index (χ0) is 23.6. The molecule has 33 heavy (non-hydrogen) atoms. The Bertz CT molecular complexity index is 1170. The first kappa shape index (κ1) is 23.1. The molecular weight excluding hydrogens is 451 g/mol. The summed E-state index contributed by atoms with van der Waals surface area (Å²) in [6.07, 6.45) is 3.60. The Balaban J connectivity index is 1.39. The monoisotopic (exact) mass is 476 g/mol. The van der Waals surface area contributed by atoms with Gasteiger partial charge in [0.15, 0.2) is 21.4 Å². The van der Waals surface area contributed by atoms with Crippen molar-refractivity contribution in [1.82, 2.24) is 20.2 Å². The van der Waals surface area contributed by atoms with Gasteiger partial charge in [0, 0.05) is 6.20 Å². The number of ether oxygens (including phenoxy) is 1. The van der Waals surface area contributed by atoms with Crippen molar-refractivity contribution in [2.45, 2.75) is 38.0 Å². The largest absolute Gasteiger partial charge is 0.490 e. The molecule has 1 aliphatic carbocycles. The van der Waals surface area contributed by atoms with E-state index in [1.165, 1.54) is 23.2 Å². The summed E-state index contributed by atoms with van der Waals surface area (Å²) in [6.45, 7) is 2.15. The number of nitrogens with zero attached hydrogens (tertiary/aromatic N) is 3. The highest BCUT2D eigenvalue weighted by Gasteiger charge is 2.28. The molecule has 1 saturated carbocycles. The molecule has 1 aliphatic heterocycles. The maximum atomic E-state index is 14.1. The minimum absolute atomic E-state index is 0.00107. The van der Waals surface area contributed by atoms with Crippen LogP contribution in [0.25, 0.3) is 0 Å². The van der Waals surface area contributed by atoms with Crippen LogP contribution in [0.4, 0.5) is 9.18 Å². The Kier molecular flexibility index (Phi) is 6.59. The predicted octanol–water partition coefficient (Wildman–Crippen LogP) is 2.17. The van der Waals surface area contributed by atoms with Crippen molar-refractivity contribution in [3.05, 3.63) is 53.4 Å². The van der Waals surface area contributed by atoms with Crippen molar-refractivity contribution in [2.24, 2.45) is 5.92 Å². The van der Waals surface area contributed by atoms with E-state index in [2.05, 4.69) is 15.3 Å². The first-order valence-electron chi connectivity index (χ1n) is 10.7. The highest BCUT2D eigenvalue weighted by Crippen LogP contribution is 2.31. The lowest BCUT2D eigenvalue weighted by molar-refractivity contribution is -0.118.